The van der Waals surface area contributed by atoms with Crippen LogP contribution in [0.3, 0.4) is 0 Å². The van der Waals surface area contributed by atoms with Gasteiger partial charge >= 0.3 is 5.97 Å². The van der Waals surface area contributed by atoms with Crippen LogP contribution in [0.25, 0.3) is 17.0 Å². The maximum Gasteiger partial charge on any atom is 0.326 e. The van der Waals surface area contributed by atoms with Crippen LogP contribution in [0.2, 0.25) is 0 Å². The molecule has 2 aromatic carbocycles. The quantitative estimate of drug-likeness (QED) is 0.314. The van der Waals surface area contributed by atoms with Crippen LogP contribution in [0.5, 0.6) is 0 Å². The average molecular weight is 506 g/mol. The zero-order valence-corrected chi connectivity index (χ0v) is 20.5. The minimum atomic E-state index is -1.16. The number of carboxylic acids is 1. The lowest BCUT2D eigenvalue weighted by Gasteiger charge is -2.18. The normalized spacial score (nSPS) is 16.2. The number of aliphatic carboxylic acids is 1. The molecule has 3 N–H and O–H groups in total. The van der Waals surface area contributed by atoms with Crippen molar-refractivity contribution in [2.45, 2.75) is 19.4 Å². The number of carboxylic acid groups (broad SMARTS) is 1. The maximum atomic E-state index is 12.9. The van der Waals surface area contributed by atoms with Gasteiger partial charge in [-0.3, -0.25) is 14.5 Å². The van der Waals surface area contributed by atoms with E-state index in [1.807, 2.05) is 67.6 Å². The molecule has 1 fully saturated rings. The number of aromatic amines is 1. The van der Waals surface area contributed by atoms with E-state index in [1.165, 1.54) is 4.90 Å². The Morgan fingerprint density at radius 1 is 1.17 bits per heavy atom. The van der Waals surface area contributed by atoms with Crippen molar-refractivity contribution in [2.75, 3.05) is 6.54 Å². The monoisotopic (exact) mass is 505 g/mol. The molecule has 2 amide bonds. The Morgan fingerprint density at radius 3 is 2.63 bits per heavy atom. The van der Waals surface area contributed by atoms with Gasteiger partial charge in [-0.2, -0.15) is 0 Å². The van der Waals surface area contributed by atoms with E-state index in [2.05, 4.69) is 10.3 Å². The fourth-order valence-electron chi connectivity index (χ4n) is 3.80. The summed E-state index contributed by atoms with van der Waals surface area (Å²) in [6.45, 7) is 1.54. The molecule has 0 bridgehead atoms. The van der Waals surface area contributed by atoms with Gasteiger partial charge in [0.05, 0.1) is 4.91 Å². The van der Waals surface area contributed by atoms with Crippen molar-refractivity contribution in [1.82, 2.24) is 15.2 Å². The Bertz CT molecular complexity index is 1360. The molecule has 178 valence electrons. The summed E-state index contributed by atoms with van der Waals surface area (Å²) in [5, 5.41) is 13.1. The van der Waals surface area contributed by atoms with Gasteiger partial charge in [-0.1, -0.05) is 78.6 Å². The van der Waals surface area contributed by atoms with Crippen LogP contribution in [0, 0.1) is 0 Å². The molecule has 0 aliphatic carbocycles. The van der Waals surface area contributed by atoms with Crippen LogP contribution < -0.4 is 5.32 Å². The molecular weight excluding hydrogens is 482 g/mol. The fraction of sp³-hybridized carbons (Fsp3) is 0.154. The van der Waals surface area contributed by atoms with Gasteiger partial charge in [0.25, 0.3) is 5.91 Å². The van der Waals surface area contributed by atoms with E-state index in [0.717, 1.165) is 39.4 Å². The van der Waals surface area contributed by atoms with Gasteiger partial charge in [0, 0.05) is 23.5 Å². The average Bonchev–Trinajstić information content (AvgIpc) is 3.35. The lowest BCUT2D eigenvalue weighted by molar-refractivity contribution is -0.141. The second kappa shape index (κ2) is 10.7. The van der Waals surface area contributed by atoms with Crippen molar-refractivity contribution in [3.8, 4) is 0 Å². The molecule has 35 heavy (non-hydrogen) atoms. The highest BCUT2D eigenvalue weighted by Crippen LogP contribution is 2.32. The van der Waals surface area contributed by atoms with Crippen LogP contribution in [0.1, 0.15) is 18.1 Å². The van der Waals surface area contributed by atoms with E-state index in [9.17, 15) is 19.5 Å². The predicted molar refractivity (Wildman–Crippen MR) is 142 cm³/mol. The molecule has 3 aromatic rings. The highest BCUT2D eigenvalue weighted by Gasteiger charge is 2.34. The molecule has 1 saturated heterocycles. The Morgan fingerprint density at radius 2 is 1.89 bits per heavy atom. The second-order valence-corrected chi connectivity index (χ2v) is 9.76. The third-order valence-electron chi connectivity index (χ3n) is 5.46. The number of hydrogen-bond acceptors (Lipinski definition) is 5. The van der Waals surface area contributed by atoms with Crippen LogP contribution in [0.4, 0.5) is 0 Å². The highest BCUT2D eigenvalue weighted by atomic mass is 32.2. The van der Waals surface area contributed by atoms with Gasteiger partial charge in [-0.15, -0.1) is 0 Å². The van der Waals surface area contributed by atoms with Gasteiger partial charge in [0.2, 0.25) is 5.91 Å². The third kappa shape index (κ3) is 5.87. The van der Waals surface area contributed by atoms with Gasteiger partial charge in [0.15, 0.2) is 0 Å². The molecule has 1 unspecified atom stereocenters. The summed E-state index contributed by atoms with van der Waals surface area (Å²) in [6.07, 6.45) is 5.53. The number of para-hydroxylation sites is 1. The van der Waals surface area contributed by atoms with Crippen molar-refractivity contribution in [1.29, 1.82) is 0 Å². The summed E-state index contributed by atoms with van der Waals surface area (Å²) >= 11 is 6.43. The number of carbonyl (C=O) groups excluding carboxylic acids is 2. The first-order valence-electron chi connectivity index (χ1n) is 10.9. The molecular formula is C26H23N3O4S2. The number of carbonyl (C=O) groups is 3. The number of allylic oxidation sites excluding steroid dienone is 2. The lowest BCUT2D eigenvalue weighted by atomic mass is 10.0. The number of thioether (sulfide) groups is 1. The molecule has 0 spiro atoms. The van der Waals surface area contributed by atoms with Gasteiger partial charge in [-0.05, 0) is 35.8 Å². The van der Waals surface area contributed by atoms with Crippen molar-refractivity contribution >= 4 is 63.1 Å². The maximum absolute atomic E-state index is 12.9. The predicted octanol–water partition coefficient (Wildman–Crippen LogP) is 4.13. The SMILES string of the molecule is CC(/C=C1\SC(=S)N(CC(=O)NC(Cc2c[nH]c3ccccc23)C(=O)O)C1=O)=C\c1ccccc1. The smallest absolute Gasteiger partial charge is 0.326 e. The standard InChI is InChI=1S/C26H23N3O4S2/c1-16(11-17-7-3-2-4-8-17)12-22-24(31)29(26(34)35-22)15-23(30)28-21(25(32)33)13-18-14-27-20-10-6-5-9-19(18)20/h2-12,14,21,27H,13,15H2,1H3,(H,28,30)(H,32,33)/b16-11+,22-12-. The number of thiocarbonyl (C=S) groups is 1. The van der Waals surface area contributed by atoms with Crippen molar-refractivity contribution in [3.63, 3.8) is 0 Å². The lowest BCUT2D eigenvalue weighted by Crippen LogP contribution is -2.47. The zero-order valence-electron chi connectivity index (χ0n) is 18.9. The molecule has 1 aliphatic heterocycles. The van der Waals surface area contributed by atoms with Gasteiger partial charge in [0.1, 0.15) is 16.9 Å². The Kier molecular flexibility index (Phi) is 7.48. The van der Waals surface area contributed by atoms with Crippen LogP contribution in [0.15, 0.2) is 77.3 Å². The molecule has 1 atom stereocenters. The molecule has 2 heterocycles. The minimum absolute atomic E-state index is 0.104. The number of rotatable bonds is 8. The van der Waals surface area contributed by atoms with Crippen molar-refractivity contribution in [3.05, 3.63) is 88.5 Å². The topological polar surface area (TPSA) is 102 Å². The fourth-order valence-corrected chi connectivity index (χ4v) is 5.11. The van der Waals surface area contributed by atoms with Crippen molar-refractivity contribution < 1.29 is 19.5 Å². The summed E-state index contributed by atoms with van der Waals surface area (Å²) in [7, 11) is 0. The van der Waals surface area contributed by atoms with E-state index < -0.39 is 17.9 Å². The number of benzene rings is 2. The molecule has 1 aliphatic rings. The molecule has 1 aromatic heterocycles. The first kappa shape index (κ1) is 24.4. The largest absolute Gasteiger partial charge is 0.480 e. The number of nitrogens with zero attached hydrogens (tertiary/aromatic N) is 1. The van der Waals surface area contributed by atoms with E-state index in [0.29, 0.717) is 4.91 Å². The van der Waals surface area contributed by atoms with E-state index >= 15 is 0 Å². The summed E-state index contributed by atoms with van der Waals surface area (Å²) in [5.41, 5.74) is 3.54. The number of aromatic nitrogens is 1. The Hall–Kier alpha value is -3.69. The molecule has 4 rings (SSSR count). The Balaban J connectivity index is 1.42. The van der Waals surface area contributed by atoms with E-state index in [1.54, 1.807) is 12.3 Å². The summed E-state index contributed by atoms with van der Waals surface area (Å²) < 4.78 is 0.257. The molecule has 7 nitrogen and oxygen atoms in total. The summed E-state index contributed by atoms with van der Waals surface area (Å²) in [5.74, 6) is -2.12. The number of nitrogens with one attached hydrogen (secondary N) is 2. The number of hydrogen-bond donors (Lipinski definition) is 3. The molecule has 9 heteroatoms. The minimum Gasteiger partial charge on any atom is -0.480 e. The molecule has 0 saturated carbocycles. The van der Waals surface area contributed by atoms with Crippen LogP contribution in [-0.4, -0.2) is 49.7 Å². The highest BCUT2D eigenvalue weighted by molar-refractivity contribution is 8.26. The number of H-pyrrole nitrogens is 1. The van der Waals surface area contributed by atoms with E-state index in [-0.39, 0.29) is 23.2 Å². The zero-order chi connectivity index (χ0) is 24.9. The third-order valence-corrected chi connectivity index (χ3v) is 6.84. The first-order chi connectivity index (χ1) is 16.8. The first-order valence-corrected chi connectivity index (χ1v) is 12.1. The van der Waals surface area contributed by atoms with Crippen molar-refractivity contribution in [2.24, 2.45) is 0 Å². The van der Waals surface area contributed by atoms with Gasteiger partial charge in [-0.25, -0.2) is 4.79 Å². The summed E-state index contributed by atoms with van der Waals surface area (Å²) in [4.78, 5) is 42.1. The molecule has 0 radical (unpaired) electrons. The second-order valence-electron chi connectivity index (χ2n) is 8.09. The summed E-state index contributed by atoms with van der Waals surface area (Å²) in [6, 6.07) is 16.1. The number of amides is 2. The number of fused-ring (bicyclic) bond motifs is 1. The van der Waals surface area contributed by atoms with Crippen LogP contribution in [-0.2, 0) is 20.8 Å². The Labute approximate surface area is 211 Å². The van der Waals surface area contributed by atoms with E-state index in [4.69, 9.17) is 12.2 Å². The van der Waals surface area contributed by atoms with Crippen LogP contribution >= 0.6 is 24.0 Å². The van der Waals surface area contributed by atoms with Gasteiger partial charge < -0.3 is 15.4 Å².